The predicted molar refractivity (Wildman–Crippen MR) is 88.2 cm³/mol. The van der Waals surface area contributed by atoms with Crippen molar-refractivity contribution in [3.63, 3.8) is 0 Å². The van der Waals surface area contributed by atoms with Gasteiger partial charge in [-0.05, 0) is 31.7 Å². The summed E-state index contributed by atoms with van der Waals surface area (Å²) in [5.74, 6) is 1.34. The molecular weight excluding hydrogens is 290 g/mol. The summed E-state index contributed by atoms with van der Waals surface area (Å²) in [5, 5.41) is 7.83. The van der Waals surface area contributed by atoms with Crippen LogP contribution in [0.2, 0.25) is 0 Å². The molecule has 1 aliphatic heterocycles. The van der Waals surface area contributed by atoms with E-state index in [0.717, 1.165) is 60.6 Å². The Morgan fingerprint density at radius 2 is 2.04 bits per heavy atom. The van der Waals surface area contributed by atoms with Crippen molar-refractivity contribution in [2.45, 2.75) is 25.7 Å². The molecule has 0 spiro atoms. The lowest BCUT2D eigenvalue weighted by Crippen LogP contribution is -2.38. The Kier molecular flexibility index (Phi) is 2.59. The number of nitrogens with two attached hydrogens (primary N) is 1. The van der Waals surface area contributed by atoms with Crippen molar-refractivity contribution in [3.8, 4) is 11.4 Å². The monoisotopic (exact) mass is 307 g/mol. The summed E-state index contributed by atoms with van der Waals surface area (Å²) in [7, 11) is 0. The van der Waals surface area contributed by atoms with Crippen molar-refractivity contribution < 1.29 is 0 Å². The van der Waals surface area contributed by atoms with Crippen LogP contribution in [0.15, 0.2) is 12.3 Å². The maximum atomic E-state index is 5.93. The summed E-state index contributed by atoms with van der Waals surface area (Å²) < 4.78 is 0. The molecule has 3 aromatic heterocycles. The molecular formula is C16H17N7. The second kappa shape index (κ2) is 4.65. The van der Waals surface area contributed by atoms with Crippen molar-refractivity contribution in [2.24, 2.45) is 0 Å². The number of hydrogen-bond donors (Lipinski definition) is 2. The molecule has 5 rings (SSSR count). The molecule has 1 saturated heterocycles. The number of nitrogens with one attached hydrogen (secondary N) is 1. The Morgan fingerprint density at radius 3 is 2.87 bits per heavy atom. The van der Waals surface area contributed by atoms with Gasteiger partial charge in [0.15, 0.2) is 5.82 Å². The average Bonchev–Trinajstić information content (AvgIpc) is 3.11. The second-order valence-electron chi connectivity index (χ2n) is 6.22. The number of anilines is 2. The quantitative estimate of drug-likeness (QED) is 0.748. The molecule has 23 heavy (non-hydrogen) atoms. The highest BCUT2D eigenvalue weighted by atomic mass is 15.3. The van der Waals surface area contributed by atoms with Crippen LogP contribution in [0.1, 0.15) is 24.1 Å². The van der Waals surface area contributed by atoms with Crippen LogP contribution in [-0.2, 0) is 12.8 Å². The molecule has 0 bridgehead atoms. The SMILES string of the molecule is Nc1n[nH]c2cnc(-c3nc(N4CCC4)nc4c3CCC4)cc12. The minimum Gasteiger partial charge on any atom is -0.382 e. The lowest BCUT2D eigenvalue weighted by atomic mass is 10.1. The van der Waals surface area contributed by atoms with Gasteiger partial charge >= 0.3 is 0 Å². The Hall–Kier alpha value is -2.70. The smallest absolute Gasteiger partial charge is 0.226 e. The van der Waals surface area contributed by atoms with Crippen LogP contribution in [-0.4, -0.2) is 38.2 Å². The topological polar surface area (TPSA) is 96.6 Å². The third-order valence-electron chi connectivity index (χ3n) is 4.78. The molecule has 0 unspecified atom stereocenters. The Morgan fingerprint density at radius 1 is 1.13 bits per heavy atom. The van der Waals surface area contributed by atoms with E-state index in [-0.39, 0.29) is 0 Å². The fraction of sp³-hybridized carbons (Fsp3) is 0.375. The lowest BCUT2D eigenvalue weighted by molar-refractivity contribution is 0.599. The molecule has 4 heterocycles. The van der Waals surface area contributed by atoms with Crippen LogP contribution in [0.4, 0.5) is 11.8 Å². The van der Waals surface area contributed by atoms with Gasteiger partial charge in [0.25, 0.3) is 0 Å². The van der Waals surface area contributed by atoms with Gasteiger partial charge in [-0.1, -0.05) is 0 Å². The first kappa shape index (κ1) is 12.8. The molecule has 2 aliphatic rings. The minimum absolute atomic E-state index is 0.498. The lowest BCUT2D eigenvalue weighted by Gasteiger charge is -2.31. The molecule has 1 fully saturated rings. The summed E-state index contributed by atoms with van der Waals surface area (Å²) in [6.07, 6.45) is 6.18. The number of aromatic amines is 1. The van der Waals surface area contributed by atoms with E-state index in [4.69, 9.17) is 15.7 Å². The molecule has 3 N–H and O–H groups in total. The van der Waals surface area contributed by atoms with Crippen molar-refractivity contribution in [1.29, 1.82) is 0 Å². The van der Waals surface area contributed by atoms with Crippen LogP contribution in [0.25, 0.3) is 22.3 Å². The summed E-state index contributed by atoms with van der Waals surface area (Å²) >= 11 is 0. The molecule has 3 aromatic rings. The predicted octanol–water partition coefficient (Wildman–Crippen LogP) is 1.70. The summed E-state index contributed by atoms with van der Waals surface area (Å²) in [4.78, 5) is 16.4. The number of pyridine rings is 1. The first-order chi connectivity index (χ1) is 11.3. The zero-order valence-electron chi connectivity index (χ0n) is 12.7. The van der Waals surface area contributed by atoms with Gasteiger partial charge in [0, 0.05) is 29.7 Å². The number of fused-ring (bicyclic) bond motifs is 2. The van der Waals surface area contributed by atoms with E-state index in [1.54, 1.807) is 6.20 Å². The zero-order chi connectivity index (χ0) is 15.4. The molecule has 1 aliphatic carbocycles. The standard InChI is InChI=1S/C16H17N7/c17-15-10-7-12(18-8-13(10)21-22-15)14-9-3-1-4-11(9)19-16(20-14)23-5-2-6-23/h7-8H,1-6H2,(H3,17,21,22). The average molecular weight is 307 g/mol. The summed E-state index contributed by atoms with van der Waals surface area (Å²) in [6.45, 7) is 2.08. The summed E-state index contributed by atoms with van der Waals surface area (Å²) in [6, 6.07) is 1.98. The van der Waals surface area contributed by atoms with Gasteiger partial charge in [0.05, 0.1) is 23.1 Å². The molecule has 0 atom stereocenters. The molecule has 0 amide bonds. The van der Waals surface area contributed by atoms with Crippen molar-refractivity contribution in [1.82, 2.24) is 25.1 Å². The zero-order valence-corrected chi connectivity index (χ0v) is 12.7. The first-order valence-electron chi connectivity index (χ1n) is 8.04. The highest BCUT2D eigenvalue weighted by Crippen LogP contribution is 2.33. The third kappa shape index (κ3) is 1.89. The van der Waals surface area contributed by atoms with Crippen molar-refractivity contribution in [2.75, 3.05) is 23.7 Å². The number of H-pyrrole nitrogens is 1. The molecule has 0 aromatic carbocycles. The van der Waals surface area contributed by atoms with Crippen molar-refractivity contribution in [3.05, 3.63) is 23.5 Å². The van der Waals surface area contributed by atoms with E-state index in [1.165, 1.54) is 17.7 Å². The second-order valence-corrected chi connectivity index (χ2v) is 6.22. The molecule has 0 saturated carbocycles. The normalized spacial score (nSPS) is 16.6. The third-order valence-corrected chi connectivity index (χ3v) is 4.78. The van der Waals surface area contributed by atoms with E-state index in [0.29, 0.717) is 5.82 Å². The van der Waals surface area contributed by atoms with Crippen LogP contribution in [0.5, 0.6) is 0 Å². The largest absolute Gasteiger partial charge is 0.382 e. The molecule has 0 radical (unpaired) electrons. The molecule has 7 heteroatoms. The van der Waals surface area contributed by atoms with E-state index >= 15 is 0 Å². The highest BCUT2D eigenvalue weighted by Gasteiger charge is 2.25. The minimum atomic E-state index is 0.498. The van der Waals surface area contributed by atoms with Crippen LogP contribution in [0.3, 0.4) is 0 Å². The number of aryl methyl sites for hydroxylation is 1. The van der Waals surface area contributed by atoms with E-state index in [9.17, 15) is 0 Å². The number of hydrogen-bond acceptors (Lipinski definition) is 6. The van der Waals surface area contributed by atoms with E-state index in [2.05, 4.69) is 20.1 Å². The van der Waals surface area contributed by atoms with Gasteiger partial charge < -0.3 is 10.6 Å². The van der Waals surface area contributed by atoms with Crippen LogP contribution in [0, 0.1) is 0 Å². The Balaban J connectivity index is 1.70. The Labute approximate surface area is 133 Å². The first-order valence-corrected chi connectivity index (χ1v) is 8.04. The number of nitrogens with zero attached hydrogens (tertiary/aromatic N) is 5. The number of aromatic nitrogens is 5. The number of rotatable bonds is 2. The van der Waals surface area contributed by atoms with Crippen LogP contribution < -0.4 is 10.6 Å². The highest BCUT2D eigenvalue weighted by molar-refractivity contribution is 5.90. The van der Waals surface area contributed by atoms with E-state index < -0.39 is 0 Å². The van der Waals surface area contributed by atoms with Gasteiger partial charge in [-0.3, -0.25) is 10.1 Å². The fourth-order valence-electron chi connectivity index (χ4n) is 3.36. The van der Waals surface area contributed by atoms with Gasteiger partial charge in [0.2, 0.25) is 5.95 Å². The maximum Gasteiger partial charge on any atom is 0.226 e. The maximum absolute atomic E-state index is 5.93. The van der Waals surface area contributed by atoms with E-state index in [1.807, 2.05) is 6.07 Å². The van der Waals surface area contributed by atoms with Gasteiger partial charge in [-0.25, -0.2) is 9.97 Å². The van der Waals surface area contributed by atoms with Crippen molar-refractivity contribution >= 4 is 22.7 Å². The molecule has 116 valence electrons. The van der Waals surface area contributed by atoms with Gasteiger partial charge in [-0.2, -0.15) is 5.10 Å². The van der Waals surface area contributed by atoms with Gasteiger partial charge in [-0.15, -0.1) is 0 Å². The Bertz CT molecular complexity index is 910. The molecule has 7 nitrogen and oxygen atoms in total. The van der Waals surface area contributed by atoms with Gasteiger partial charge in [0.1, 0.15) is 0 Å². The fourth-order valence-corrected chi connectivity index (χ4v) is 3.36. The number of nitrogen functional groups attached to an aromatic ring is 1. The van der Waals surface area contributed by atoms with Crippen LogP contribution >= 0.6 is 0 Å². The summed E-state index contributed by atoms with van der Waals surface area (Å²) in [5.41, 5.74) is 11.0.